The standard InChI is InChI=1S/C22H22N4O/c1-25(15-17-8-3-2-4-9-17)21-14-19(23-16-24-21)22(27)26-13-7-11-18-10-5-6-12-20(18)26/h2-6,8-10,12,14,16H,7,11,13,15H2,1H3. The largest absolute Gasteiger partial charge is 0.355 e. The molecule has 4 rings (SSSR count). The lowest BCUT2D eigenvalue weighted by molar-refractivity contribution is 0.0980. The molecule has 1 aliphatic rings. The molecule has 0 fully saturated rings. The van der Waals surface area contributed by atoms with Crippen molar-refractivity contribution in [3.05, 3.63) is 83.8 Å². The molecule has 0 saturated heterocycles. The maximum Gasteiger partial charge on any atom is 0.277 e. The fourth-order valence-electron chi connectivity index (χ4n) is 3.49. The van der Waals surface area contributed by atoms with Crippen LogP contribution in [0.3, 0.4) is 0 Å². The lowest BCUT2D eigenvalue weighted by Crippen LogP contribution is -2.36. The summed E-state index contributed by atoms with van der Waals surface area (Å²) in [7, 11) is 1.97. The Morgan fingerprint density at radius 1 is 1.07 bits per heavy atom. The Labute approximate surface area is 159 Å². The summed E-state index contributed by atoms with van der Waals surface area (Å²) in [6.07, 6.45) is 3.45. The van der Waals surface area contributed by atoms with Crippen LogP contribution in [0.5, 0.6) is 0 Å². The molecule has 5 nitrogen and oxygen atoms in total. The summed E-state index contributed by atoms with van der Waals surface area (Å²) in [4.78, 5) is 25.6. The van der Waals surface area contributed by atoms with Gasteiger partial charge in [0.2, 0.25) is 0 Å². The molecular formula is C22H22N4O. The molecule has 0 bridgehead atoms. The minimum absolute atomic E-state index is 0.0705. The van der Waals surface area contributed by atoms with Crippen LogP contribution in [0.2, 0.25) is 0 Å². The third-order valence-electron chi connectivity index (χ3n) is 4.88. The van der Waals surface area contributed by atoms with Crippen LogP contribution in [-0.2, 0) is 13.0 Å². The first kappa shape index (κ1) is 17.2. The molecule has 2 heterocycles. The normalized spacial score (nSPS) is 13.1. The Balaban J connectivity index is 1.57. The van der Waals surface area contributed by atoms with Crippen molar-refractivity contribution >= 4 is 17.4 Å². The van der Waals surface area contributed by atoms with Gasteiger partial charge in [-0.3, -0.25) is 4.79 Å². The van der Waals surface area contributed by atoms with Crippen LogP contribution >= 0.6 is 0 Å². The zero-order chi connectivity index (χ0) is 18.6. The minimum Gasteiger partial charge on any atom is -0.355 e. The summed E-state index contributed by atoms with van der Waals surface area (Å²) < 4.78 is 0. The fourth-order valence-corrected chi connectivity index (χ4v) is 3.49. The van der Waals surface area contributed by atoms with Gasteiger partial charge in [-0.15, -0.1) is 0 Å². The monoisotopic (exact) mass is 358 g/mol. The maximum absolute atomic E-state index is 13.1. The molecule has 0 saturated carbocycles. The van der Waals surface area contributed by atoms with E-state index in [1.54, 1.807) is 6.07 Å². The number of anilines is 2. The first-order chi connectivity index (χ1) is 13.2. The number of amides is 1. The Kier molecular flexibility index (Phi) is 4.83. The molecule has 0 spiro atoms. The van der Waals surface area contributed by atoms with Crippen LogP contribution in [0.25, 0.3) is 0 Å². The number of hydrogen-bond acceptors (Lipinski definition) is 4. The molecule has 0 radical (unpaired) electrons. The molecule has 3 aromatic rings. The lowest BCUT2D eigenvalue weighted by atomic mass is 10.0. The summed E-state index contributed by atoms with van der Waals surface area (Å²) in [6, 6.07) is 20.1. The van der Waals surface area contributed by atoms with Gasteiger partial charge < -0.3 is 9.80 Å². The molecule has 0 atom stereocenters. The molecule has 0 N–H and O–H groups in total. The molecular weight excluding hydrogens is 336 g/mol. The van der Waals surface area contributed by atoms with Crippen molar-refractivity contribution in [2.75, 3.05) is 23.4 Å². The second-order valence-electron chi connectivity index (χ2n) is 6.79. The van der Waals surface area contributed by atoms with Crippen LogP contribution in [0, 0.1) is 0 Å². The molecule has 27 heavy (non-hydrogen) atoms. The number of para-hydroxylation sites is 1. The summed E-state index contributed by atoms with van der Waals surface area (Å²) in [6.45, 7) is 1.44. The molecule has 1 amide bonds. The van der Waals surface area contributed by atoms with E-state index in [0.717, 1.165) is 37.4 Å². The van der Waals surface area contributed by atoms with E-state index in [-0.39, 0.29) is 5.91 Å². The van der Waals surface area contributed by atoms with Gasteiger partial charge in [0.05, 0.1) is 0 Å². The molecule has 0 unspecified atom stereocenters. The van der Waals surface area contributed by atoms with Crippen molar-refractivity contribution in [2.45, 2.75) is 19.4 Å². The Hall–Kier alpha value is -3.21. The van der Waals surface area contributed by atoms with Gasteiger partial charge in [-0.2, -0.15) is 0 Å². The van der Waals surface area contributed by atoms with E-state index >= 15 is 0 Å². The maximum atomic E-state index is 13.1. The third-order valence-corrected chi connectivity index (χ3v) is 4.88. The number of fused-ring (bicyclic) bond motifs is 1. The Bertz CT molecular complexity index is 942. The van der Waals surface area contributed by atoms with Crippen LogP contribution in [0.1, 0.15) is 28.0 Å². The highest BCUT2D eigenvalue weighted by Crippen LogP contribution is 2.28. The molecule has 1 aromatic heterocycles. The van der Waals surface area contributed by atoms with E-state index in [0.29, 0.717) is 5.69 Å². The SMILES string of the molecule is CN(Cc1ccccc1)c1cc(C(=O)N2CCCc3ccccc32)ncn1. The number of carbonyl (C=O) groups excluding carboxylic acids is 1. The first-order valence-electron chi connectivity index (χ1n) is 9.19. The average molecular weight is 358 g/mol. The van der Waals surface area contributed by atoms with Gasteiger partial charge in [-0.05, 0) is 30.0 Å². The van der Waals surface area contributed by atoms with Crippen molar-refractivity contribution in [3.8, 4) is 0 Å². The highest BCUT2D eigenvalue weighted by atomic mass is 16.2. The first-order valence-corrected chi connectivity index (χ1v) is 9.19. The van der Waals surface area contributed by atoms with Crippen molar-refractivity contribution < 1.29 is 4.79 Å². The summed E-state index contributed by atoms with van der Waals surface area (Å²) >= 11 is 0. The van der Waals surface area contributed by atoms with Gasteiger partial charge in [0, 0.05) is 31.9 Å². The fraction of sp³-hybridized carbons (Fsp3) is 0.227. The van der Waals surface area contributed by atoms with Crippen molar-refractivity contribution in [3.63, 3.8) is 0 Å². The van der Waals surface area contributed by atoms with Crippen molar-refractivity contribution in [2.24, 2.45) is 0 Å². The van der Waals surface area contributed by atoms with Crippen LogP contribution < -0.4 is 9.80 Å². The average Bonchev–Trinajstić information content (AvgIpc) is 2.73. The third kappa shape index (κ3) is 3.67. The number of rotatable bonds is 4. The van der Waals surface area contributed by atoms with Crippen LogP contribution in [0.4, 0.5) is 11.5 Å². The molecule has 136 valence electrons. The van der Waals surface area contributed by atoms with E-state index in [1.165, 1.54) is 17.5 Å². The number of nitrogens with zero attached hydrogens (tertiary/aromatic N) is 4. The number of hydrogen-bond donors (Lipinski definition) is 0. The van der Waals surface area contributed by atoms with Crippen LogP contribution in [0.15, 0.2) is 67.0 Å². The number of carbonyl (C=O) groups is 1. The molecule has 5 heteroatoms. The Morgan fingerprint density at radius 2 is 1.85 bits per heavy atom. The number of aromatic nitrogens is 2. The van der Waals surface area contributed by atoms with E-state index in [2.05, 4.69) is 28.2 Å². The van der Waals surface area contributed by atoms with Gasteiger partial charge in [0.15, 0.2) is 0 Å². The summed E-state index contributed by atoms with van der Waals surface area (Å²) in [5, 5.41) is 0. The highest BCUT2D eigenvalue weighted by Gasteiger charge is 2.24. The van der Waals surface area contributed by atoms with E-state index < -0.39 is 0 Å². The number of aryl methyl sites for hydroxylation is 1. The minimum atomic E-state index is -0.0705. The van der Waals surface area contributed by atoms with E-state index in [4.69, 9.17) is 0 Å². The van der Waals surface area contributed by atoms with Crippen molar-refractivity contribution in [1.29, 1.82) is 0 Å². The second-order valence-corrected chi connectivity index (χ2v) is 6.79. The smallest absolute Gasteiger partial charge is 0.277 e. The van der Waals surface area contributed by atoms with Gasteiger partial charge in [0.25, 0.3) is 5.91 Å². The van der Waals surface area contributed by atoms with Gasteiger partial charge in [-0.1, -0.05) is 48.5 Å². The van der Waals surface area contributed by atoms with E-state index in [9.17, 15) is 4.79 Å². The second kappa shape index (κ2) is 7.58. The topological polar surface area (TPSA) is 49.3 Å². The number of benzene rings is 2. The molecule has 0 aliphatic carbocycles. The highest BCUT2D eigenvalue weighted by molar-refractivity contribution is 6.05. The molecule has 2 aromatic carbocycles. The Morgan fingerprint density at radius 3 is 2.70 bits per heavy atom. The molecule has 1 aliphatic heterocycles. The van der Waals surface area contributed by atoms with Gasteiger partial charge >= 0.3 is 0 Å². The van der Waals surface area contributed by atoms with Crippen molar-refractivity contribution in [1.82, 2.24) is 9.97 Å². The predicted octanol–water partition coefficient (Wildman–Crippen LogP) is 3.71. The predicted molar refractivity (Wildman–Crippen MR) is 107 cm³/mol. The summed E-state index contributed by atoms with van der Waals surface area (Å²) in [5.74, 6) is 0.668. The van der Waals surface area contributed by atoms with Crippen LogP contribution in [-0.4, -0.2) is 29.5 Å². The van der Waals surface area contributed by atoms with Gasteiger partial charge in [-0.25, -0.2) is 9.97 Å². The zero-order valence-corrected chi connectivity index (χ0v) is 15.4. The summed E-state index contributed by atoms with van der Waals surface area (Å²) in [5.41, 5.74) is 3.83. The van der Waals surface area contributed by atoms with E-state index in [1.807, 2.05) is 53.2 Å². The quantitative estimate of drug-likeness (QED) is 0.713. The van der Waals surface area contributed by atoms with Gasteiger partial charge in [0.1, 0.15) is 17.8 Å². The lowest BCUT2D eigenvalue weighted by Gasteiger charge is -2.29. The zero-order valence-electron chi connectivity index (χ0n) is 15.4.